The van der Waals surface area contributed by atoms with Gasteiger partial charge in [0.2, 0.25) is 11.8 Å². The van der Waals surface area contributed by atoms with E-state index in [1.807, 2.05) is 4.90 Å². The molecule has 0 spiro atoms. The molecule has 2 saturated heterocycles. The minimum atomic E-state index is -4.58. The molecule has 4 aromatic rings. The van der Waals surface area contributed by atoms with E-state index in [0.717, 1.165) is 35.2 Å². The first-order valence-corrected chi connectivity index (χ1v) is 17.5. The Balaban J connectivity index is 0.947. The number of nitrogens with zero attached hydrogens (tertiary/aromatic N) is 3. The van der Waals surface area contributed by atoms with Crippen molar-refractivity contribution >= 4 is 75.8 Å². The van der Waals surface area contributed by atoms with Gasteiger partial charge in [-0.2, -0.15) is 13.2 Å². The van der Waals surface area contributed by atoms with E-state index in [1.54, 1.807) is 41.0 Å². The topological polar surface area (TPSA) is 134 Å². The third-order valence-electron chi connectivity index (χ3n) is 10.2. The van der Waals surface area contributed by atoms with Crippen molar-refractivity contribution in [2.24, 2.45) is 5.92 Å². The molecule has 270 valence electrons. The summed E-state index contributed by atoms with van der Waals surface area (Å²) in [5, 5.41) is 4.64. The summed E-state index contributed by atoms with van der Waals surface area (Å²) in [7, 11) is 0. The van der Waals surface area contributed by atoms with E-state index in [-0.39, 0.29) is 45.4 Å². The van der Waals surface area contributed by atoms with Crippen LogP contribution in [0, 0.1) is 22.6 Å². The first kappa shape index (κ1) is 34.6. The van der Waals surface area contributed by atoms with Gasteiger partial charge >= 0.3 is 6.18 Å². The van der Waals surface area contributed by atoms with E-state index in [1.165, 1.54) is 0 Å². The number of alkyl halides is 3. The van der Waals surface area contributed by atoms with Crippen LogP contribution >= 0.6 is 23.8 Å². The fraction of sp³-hybridized carbons (Fsp3) is 0.297. The van der Waals surface area contributed by atoms with Gasteiger partial charge in [-0.25, -0.2) is 0 Å². The number of hydrogen-bond acceptors (Lipinski definition) is 8. The maximum Gasteiger partial charge on any atom is 0.416 e. The lowest BCUT2D eigenvalue weighted by atomic mass is 9.75. The van der Waals surface area contributed by atoms with Crippen LogP contribution in [0.1, 0.15) is 63.9 Å². The van der Waals surface area contributed by atoms with Crippen molar-refractivity contribution in [1.29, 1.82) is 0 Å². The molecule has 53 heavy (non-hydrogen) atoms. The van der Waals surface area contributed by atoms with Gasteiger partial charge in [-0.05, 0) is 92.5 Å². The summed E-state index contributed by atoms with van der Waals surface area (Å²) in [6.07, 6.45) is -2.85. The Morgan fingerprint density at radius 1 is 1.00 bits per heavy atom. The summed E-state index contributed by atoms with van der Waals surface area (Å²) in [6, 6.07) is 12.0. The first-order chi connectivity index (χ1) is 25.2. The number of piperidine rings is 1. The number of halogens is 4. The molecule has 3 aromatic carbocycles. The molecule has 0 radical (unpaired) electrons. The highest BCUT2D eigenvalue weighted by molar-refractivity contribution is 7.71. The van der Waals surface area contributed by atoms with Crippen LogP contribution in [0.3, 0.4) is 0 Å². The molecule has 1 saturated carbocycles. The zero-order chi connectivity index (χ0) is 37.4. The largest absolute Gasteiger partial charge is 0.429 e. The van der Waals surface area contributed by atoms with Gasteiger partial charge in [-0.1, -0.05) is 23.4 Å². The Labute approximate surface area is 309 Å². The van der Waals surface area contributed by atoms with E-state index in [0.29, 0.717) is 42.6 Å². The number of rotatable bonds is 5. The Hall–Kier alpha value is -5.46. The average molecular weight is 762 g/mol. The number of benzene rings is 3. The number of nitrogens with one attached hydrogen (secondary N) is 2. The monoisotopic (exact) mass is 761 g/mol. The van der Waals surface area contributed by atoms with Crippen molar-refractivity contribution in [2.75, 3.05) is 23.3 Å². The molecule has 8 rings (SSSR count). The first-order valence-electron chi connectivity index (χ1n) is 16.7. The molecular weight excluding hydrogens is 735 g/mol. The summed E-state index contributed by atoms with van der Waals surface area (Å²) in [5.41, 5.74) is 0.831. The summed E-state index contributed by atoms with van der Waals surface area (Å²) in [6.45, 7) is 1.15. The van der Waals surface area contributed by atoms with Crippen molar-refractivity contribution in [2.45, 2.75) is 49.9 Å². The van der Waals surface area contributed by atoms with Gasteiger partial charge in [-0.15, -0.1) is 0 Å². The van der Waals surface area contributed by atoms with Gasteiger partial charge in [0.05, 0.1) is 38.8 Å². The highest BCUT2D eigenvalue weighted by Gasteiger charge is 2.48. The molecule has 1 atom stereocenters. The fourth-order valence-electron chi connectivity index (χ4n) is 7.22. The van der Waals surface area contributed by atoms with E-state index in [9.17, 15) is 37.1 Å². The maximum atomic E-state index is 13.7. The van der Waals surface area contributed by atoms with Gasteiger partial charge in [-0.3, -0.25) is 38.8 Å². The number of fused-ring (bicyclic) bond motifs is 2. The molecule has 11 nitrogen and oxygen atoms in total. The van der Waals surface area contributed by atoms with Gasteiger partial charge in [0, 0.05) is 30.8 Å². The molecule has 3 fully saturated rings. The van der Waals surface area contributed by atoms with Gasteiger partial charge in [0.1, 0.15) is 11.6 Å². The molecule has 5 amide bonds. The SMILES string of the molecule is O=C1CCC(N2C(=O)c3ccc(N4CC(C#Cc5ccc6c(c5)oc(=S)n6C5(C(=O)Nc6ccc(C(F)(F)F)cc6Cl)CCC5)C4)cc3C2=O)C(=O)N1. The van der Waals surface area contributed by atoms with Crippen molar-refractivity contribution in [3.63, 3.8) is 0 Å². The van der Waals surface area contributed by atoms with Crippen LogP contribution in [-0.2, 0) is 26.1 Å². The lowest BCUT2D eigenvalue weighted by molar-refractivity contribution is -0.138. The van der Waals surface area contributed by atoms with E-state index in [2.05, 4.69) is 22.5 Å². The lowest BCUT2D eigenvalue weighted by Gasteiger charge is -2.41. The molecule has 4 heterocycles. The Morgan fingerprint density at radius 2 is 1.75 bits per heavy atom. The summed E-state index contributed by atoms with van der Waals surface area (Å²) in [5.74, 6) is 3.73. The van der Waals surface area contributed by atoms with Crippen LogP contribution in [0.15, 0.2) is 59.0 Å². The highest BCUT2D eigenvalue weighted by Crippen LogP contribution is 2.44. The predicted molar refractivity (Wildman–Crippen MR) is 188 cm³/mol. The van der Waals surface area contributed by atoms with Crippen LogP contribution in [0.2, 0.25) is 5.02 Å². The number of carbonyl (C=O) groups excluding carboxylic acids is 5. The number of anilines is 2. The molecule has 4 aliphatic rings. The van der Waals surface area contributed by atoms with E-state index < -0.39 is 52.9 Å². The van der Waals surface area contributed by atoms with Crippen LogP contribution in [0.25, 0.3) is 11.1 Å². The van der Waals surface area contributed by atoms with Crippen molar-refractivity contribution in [3.05, 3.63) is 86.7 Å². The van der Waals surface area contributed by atoms with Crippen molar-refractivity contribution in [3.8, 4) is 11.8 Å². The Bertz CT molecular complexity index is 2420. The minimum absolute atomic E-state index is 0.00580. The zero-order valence-electron chi connectivity index (χ0n) is 27.5. The Morgan fingerprint density at radius 3 is 2.43 bits per heavy atom. The molecule has 1 aromatic heterocycles. The zero-order valence-corrected chi connectivity index (χ0v) is 29.1. The summed E-state index contributed by atoms with van der Waals surface area (Å²) >= 11 is 11.7. The van der Waals surface area contributed by atoms with E-state index >= 15 is 0 Å². The van der Waals surface area contributed by atoms with Crippen LogP contribution < -0.4 is 15.5 Å². The Kier molecular flexibility index (Phi) is 8.23. The molecule has 1 unspecified atom stereocenters. The molecule has 0 bridgehead atoms. The fourth-order valence-corrected chi connectivity index (χ4v) is 7.81. The standard InChI is InChI=1S/C37H27ClF3N5O6S/c38-25-15-21(37(39,40)41)5-8-26(25)42-34(51)36(12-1-13-36)46-27-9-4-19(14-29(27)52-35(46)53)2-3-20-17-44(18-20)22-6-7-23-24(16-22)33(50)45(32(23)49)28-10-11-30(47)43-31(28)48/h4-9,14-16,20,28H,1,10-13,17-18H2,(H,42,51)(H,43,47,48). The second kappa shape index (κ2) is 12.6. The molecule has 1 aliphatic carbocycles. The third kappa shape index (κ3) is 5.86. The van der Waals surface area contributed by atoms with Crippen molar-refractivity contribution in [1.82, 2.24) is 14.8 Å². The van der Waals surface area contributed by atoms with Crippen LogP contribution in [0.5, 0.6) is 0 Å². The minimum Gasteiger partial charge on any atom is -0.429 e. The number of carbonyl (C=O) groups is 5. The number of aromatic nitrogens is 1. The second-order valence-electron chi connectivity index (χ2n) is 13.5. The number of oxazole rings is 1. The number of imide groups is 2. The van der Waals surface area contributed by atoms with Crippen LogP contribution in [0.4, 0.5) is 24.5 Å². The van der Waals surface area contributed by atoms with Crippen LogP contribution in [-0.4, -0.2) is 58.1 Å². The maximum absolute atomic E-state index is 13.7. The summed E-state index contributed by atoms with van der Waals surface area (Å²) < 4.78 is 46.9. The molecule has 3 aliphatic heterocycles. The number of amides is 5. The van der Waals surface area contributed by atoms with Gasteiger partial charge in [0.15, 0.2) is 5.58 Å². The number of hydrogen-bond donors (Lipinski definition) is 2. The quantitative estimate of drug-likeness (QED) is 0.143. The second-order valence-corrected chi connectivity index (χ2v) is 14.2. The predicted octanol–water partition coefficient (Wildman–Crippen LogP) is 6.04. The normalized spacial score (nSPS) is 19.7. The lowest BCUT2D eigenvalue weighted by Crippen LogP contribution is -2.54. The van der Waals surface area contributed by atoms with Gasteiger partial charge in [0.25, 0.3) is 22.6 Å². The molecule has 2 N–H and O–H groups in total. The van der Waals surface area contributed by atoms with Gasteiger partial charge < -0.3 is 14.6 Å². The average Bonchev–Trinajstić information content (AvgIpc) is 3.52. The molecule has 16 heteroatoms. The summed E-state index contributed by atoms with van der Waals surface area (Å²) in [4.78, 5) is 66.9. The third-order valence-corrected chi connectivity index (χ3v) is 10.8. The molecular formula is C37H27ClF3N5O6S. The highest BCUT2D eigenvalue weighted by atomic mass is 35.5. The van der Waals surface area contributed by atoms with Crippen molar-refractivity contribution < 1.29 is 41.6 Å². The smallest absolute Gasteiger partial charge is 0.416 e. The van der Waals surface area contributed by atoms with E-state index in [4.69, 9.17) is 28.2 Å².